The standard InChI is InChI=1S/C43H62N2O6/c1-26(2)34-29(46)23-43(36(48)45(10)25-27-13-11-12-22-44-27)21-20-41(8)28(35(34)43)14-15-31-40(7)18-17-32(51-33(47)24-38(3,4)37(49)50)39(5,6)30(40)16-19-42(31,41)9/h11-13,22,26,28,30-32H,14-21,23-25H2,1-10H3,(H,49,50)/t28-,30+,31-,32+,40+,41-,42-,43-/m1/s1. The van der Waals surface area contributed by atoms with Crippen LogP contribution in [0.5, 0.6) is 0 Å². The first kappa shape index (κ1) is 37.7. The summed E-state index contributed by atoms with van der Waals surface area (Å²) in [5, 5.41) is 9.60. The Hall–Kier alpha value is -3.03. The molecule has 1 N–H and O–H groups in total. The molecule has 0 spiro atoms. The fraction of sp³-hybridized carbons (Fsp3) is 0.744. The Bertz CT molecular complexity index is 1630. The van der Waals surface area contributed by atoms with Crippen LogP contribution in [0.25, 0.3) is 0 Å². The van der Waals surface area contributed by atoms with Crippen molar-refractivity contribution in [3.63, 3.8) is 0 Å². The summed E-state index contributed by atoms with van der Waals surface area (Å²) in [5.41, 5.74) is 0.714. The Morgan fingerprint density at radius 1 is 0.961 bits per heavy atom. The third-order valence-corrected chi connectivity index (χ3v) is 15.7. The third kappa shape index (κ3) is 5.62. The van der Waals surface area contributed by atoms with E-state index in [1.807, 2.05) is 30.1 Å². The molecule has 0 radical (unpaired) electrons. The smallest absolute Gasteiger partial charge is 0.309 e. The summed E-state index contributed by atoms with van der Waals surface area (Å²) in [7, 11) is 1.87. The highest BCUT2D eigenvalue weighted by Gasteiger charge is 2.71. The Balaban J connectivity index is 1.30. The number of carbonyl (C=O) groups is 4. The van der Waals surface area contributed by atoms with Crippen LogP contribution in [0.3, 0.4) is 0 Å². The van der Waals surface area contributed by atoms with Gasteiger partial charge in [-0.2, -0.15) is 0 Å². The molecule has 280 valence electrons. The van der Waals surface area contributed by atoms with E-state index in [1.54, 1.807) is 20.0 Å². The fourth-order valence-corrected chi connectivity index (χ4v) is 12.9. The van der Waals surface area contributed by atoms with Crippen molar-refractivity contribution in [2.45, 2.75) is 139 Å². The maximum Gasteiger partial charge on any atom is 0.309 e. The van der Waals surface area contributed by atoms with Gasteiger partial charge in [0.05, 0.1) is 29.5 Å². The summed E-state index contributed by atoms with van der Waals surface area (Å²) in [6, 6.07) is 5.78. The summed E-state index contributed by atoms with van der Waals surface area (Å²) < 4.78 is 6.16. The number of ketones is 1. The lowest BCUT2D eigenvalue weighted by Gasteiger charge is -2.72. The molecule has 8 heteroatoms. The van der Waals surface area contributed by atoms with E-state index in [-0.39, 0.29) is 64.1 Å². The second-order valence-corrected chi connectivity index (χ2v) is 19.5. The van der Waals surface area contributed by atoms with E-state index in [0.717, 1.165) is 56.2 Å². The number of aliphatic carboxylic acids is 1. The fourth-order valence-electron chi connectivity index (χ4n) is 12.9. The number of pyridine rings is 1. The predicted molar refractivity (Wildman–Crippen MR) is 196 cm³/mol. The number of carboxylic acid groups (broad SMARTS) is 1. The maximum atomic E-state index is 14.7. The molecule has 5 aliphatic carbocycles. The SMILES string of the molecule is CC(C)C1=C2[C@H]3CC[C@@H]4[C@@]5(C)CC[C@H](OC(=O)CC(C)(C)C(=O)O)C(C)(C)[C@@H]5CC[C@@]4(C)[C@]3(C)CC[C@@]2(C(=O)N(C)Cc2ccccn2)CC1=O. The second kappa shape index (κ2) is 12.5. The lowest BCUT2D eigenvalue weighted by Crippen LogP contribution is -2.66. The molecule has 5 aliphatic rings. The molecule has 4 saturated carbocycles. The van der Waals surface area contributed by atoms with E-state index < -0.39 is 22.8 Å². The monoisotopic (exact) mass is 702 g/mol. The van der Waals surface area contributed by atoms with E-state index in [4.69, 9.17) is 4.74 Å². The average Bonchev–Trinajstić information content (AvgIpc) is 3.35. The number of rotatable bonds is 8. The molecule has 51 heavy (non-hydrogen) atoms. The molecule has 0 unspecified atom stereocenters. The van der Waals surface area contributed by atoms with Crippen LogP contribution in [-0.4, -0.2) is 51.8 Å². The minimum Gasteiger partial charge on any atom is -0.481 e. The van der Waals surface area contributed by atoms with Gasteiger partial charge in [-0.15, -0.1) is 0 Å². The first-order chi connectivity index (χ1) is 23.7. The lowest BCUT2D eigenvalue weighted by molar-refractivity contribution is -0.233. The minimum atomic E-state index is -1.17. The van der Waals surface area contributed by atoms with Gasteiger partial charge in [0.25, 0.3) is 0 Å². The zero-order valence-electron chi connectivity index (χ0n) is 32.9. The van der Waals surface area contributed by atoms with Gasteiger partial charge in [-0.3, -0.25) is 24.2 Å². The van der Waals surface area contributed by atoms with Crippen LogP contribution in [0.15, 0.2) is 35.5 Å². The van der Waals surface area contributed by atoms with Gasteiger partial charge < -0.3 is 14.7 Å². The van der Waals surface area contributed by atoms with Gasteiger partial charge in [0.2, 0.25) is 5.91 Å². The Labute approximate surface area is 305 Å². The Kier molecular flexibility index (Phi) is 9.27. The molecule has 6 rings (SSSR count). The summed E-state index contributed by atoms with van der Waals surface area (Å²) in [6.07, 6.45) is 9.09. The molecule has 1 aromatic rings. The molecular weight excluding hydrogens is 640 g/mol. The molecule has 0 aliphatic heterocycles. The van der Waals surface area contributed by atoms with Crippen molar-refractivity contribution in [1.82, 2.24) is 9.88 Å². The number of fused-ring (bicyclic) bond motifs is 7. The Morgan fingerprint density at radius 3 is 2.29 bits per heavy atom. The van der Waals surface area contributed by atoms with E-state index in [0.29, 0.717) is 24.8 Å². The van der Waals surface area contributed by atoms with E-state index in [2.05, 4.69) is 53.5 Å². The van der Waals surface area contributed by atoms with Gasteiger partial charge >= 0.3 is 11.9 Å². The number of Topliss-reactive ketones (excluding diaryl/α,β-unsaturated/α-hetero) is 1. The number of allylic oxidation sites excluding steroid dienone is 1. The molecule has 4 fully saturated rings. The van der Waals surface area contributed by atoms with Crippen molar-refractivity contribution >= 4 is 23.6 Å². The summed E-state index contributed by atoms with van der Waals surface area (Å²) in [6.45, 7) is 19.9. The van der Waals surface area contributed by atoms with Gasteiger partial charge in [0.15, 0.2) is 5.78 Å². The van der Waals surface area contributed by atoms with Gasteiger partial charge in [-0.25, -0.2) is 0 Å². The molecule has 1 amide bonds. The van der Waals surface area contributed by atoms with Crippen LogP contribution in [0, 0.1) is 56.2 Å². The zero-order chi connectivity index (χ0) is 37.5. The number of esters is 1. The van der Waals surface area contributed by atoms with Gasteiger partial charge in [0, 0.05) is 25.1 Å². The third-order valence-electron chi connectivity index (χ3n) is 15.7. The van der Waals surface area contributed by atoms with Crippen molar-refractivity contribution in [3.8, 4) is 0 Å². The summed E-state index contributed by atoms with van der Waals surface area (Å²) in [4.78, 5) is 59.9. The first-order valence-electron chi connectivity index (χ1n) is 19.5. The minimum absolute atomic E-state index is 0.0159. The summed E-state index contributed by atoms with van der Waals surface area (Å²) >= 11 is 0. The molecule has 0 bridgehead atoms. The number of ether oxygens (including phenoxy) is 1. The second-order valence-electron chi connectivity index (χ2n) is 19.5. The quantitative estimate of drug-likeness (QED) is 0.271. The van der Waals surface area contributed by atoms with Crippen molar-refractivity contribution in [1.29, 1.82) is 0 Å². The highest BCUT2D eigenvalue weighted by Crippen LogP contribution is 2.77. The largest absolute Gasteiger partial charge is 0.481 e. The van der Waals surface area contributed by atoms with Crippen LogP contribution in [-0.2, 0) is 30.5 Å². The molecule has 0 aromatic carbocycles. The van der Waals surface area contributed by atoms with Crippen LogP contribution in [0.2, 0.25) is 0 Å². The molecule has 0 saturated heterocycles. The normalized spacial score (nSPS) is 37.2. The lowest BCUT2D eigenvalue weighted by atomic mass is 9.33. The summed E-state index contributed by atoms with van der Waals surface area (Å²) in [5.74, 6) is -0.149. The Morgan fingerprint density at radius 2 is 1.67 bits per heavy atom. The van der Waals surface area contributed by atoms with E-state index in [9.17, 15) is 24.3 Å². The van der Waals surface area contributed by atoms with Gasteiger partial charge in [-0.05, 0) is 128 Å². The van der Waals surface area contributed by atoms with E-state index in [1.165, 1.54) is 5.57 Å². The predicted octanol–water partition coefficient (Wildman–Crippen LogP) is 8.43. The van der Waals surface area contributed by atoms with Crippen molar-refractivity contribution in [2.24, 2.45) is 56.2 Å². The average molecular weight is 703 g/mol. The van der Waals surface area contributed by atoms with E-state index >= 15 is 0 Å². The number of hydrogen-bond donors (Lipinski definition) is 1. The number of aromatic nitrogens is 1. The van der Waals surface area contributed by atoms with Crippen LogP contribution in [0.4, 0.5) is 0 Å². The molecule has 1 aromatic heterocycles. The highest BCUT2D eigenvalue weighted by molar-refractivity contribution is 6.06. The number of amides is 1. The van der Waals surface area contributed by atoms with Crippen molar-refractivity contribution in [3.05, 3.63) is 41.2 Å². The van der Waals surface area contributed by atoms with Gasteiger partial charge in [0.1, 0.15) is 6.10 Å². The van der Waals surface area contributed by atoms with Crippen LogP contribution in [0.1, 0.15) is 132 Å². The molecular formula is C43H62N2O6. The van der Waals surface area contributed by atoms with Gasteiger partial charge in [-0.1, -0.05) is 54.5 Å². The first-order valence-corrected chi connectivity index (χ1v) is 19.5. The molecule has 1 heterocycles. The number of nitrogens with zero attached hydrogens (tertiary/aromatic N) is 2. The number of carboxylic acids is 1. The highest BCUT2D eigenvalue weighted by atomic mass is 16.5. The van der Waals surface area contributed by atoms with Crippen LogP contribution >= 0.6 is 0 Å². The van der Waals surface area contributed by atoms with Crippen molar-refractivity contribution < 1.29 is 29.0 Å². The van der Waals surface area contributed by atoms with Crippen LogP contribution < -0.4 is 0 Å². The number of carbonyl (C=O) groups excluding carboxylic acids is 3. The van der Waals surface area contributed by atoms with Crippen molar-refractivity contribution in [2.75, 3.05) is 7.05 Å². The topological polar surface area (TPSA) is 114 Å². The maximum absolute atomic E-state index is 14.7. The molecule has 8 nitrogen and oxygen atoms in total. The zero-order valence-corrected chi connectivity index (χ0v) is 32.9. The molecule has 8 atom stereocenters. The number of hydrogen-bond acceptors (Lipinski definition) is 6.